The number of aliphatic hydroxyl groups excluding tert-OH is 1. The Morgan fingerprint density at radius 2 is 1.76 bits per heavy atom. The lowest BCUT2D eigenvalue weighted by atomic mass is 9.63. The molecule has 0 fully saturated rings. The van der Waals surface area contributed by atoms with Gasteiger partial charge in [-0.15, -0.1) is 0 Å². The average Bonchev–Trinajstić information content (AvgIpc) is 2.93. The minimum absolute atomic E-state index is 0.0171. The predicted molar refractivity (Wildman–Crippen MR) is 158 cm³/mol. The number of nitrogens with zero attached hydrogens (tertiary/aromatic N) is 1. The van der Waals surface area contributed by atoms with Gasteiger partial charge in [0.1, 0.15) is 11.6 Å². The quantitative estimate of drug-likeness (QED) is 0.304. The van der Waals surface area contributed by atoms with Gasteiger partial charge in [-0.1, -0.05) is 55.8 Å². The average molecular weight is 568 g/mol. The molecule has 0 spiro atoms. The second-order valence-electron chi connectivity index (χ2n) is 11.0. The smallest absolute Gasteiger partial charge is 0.249 e. The van der Waals surface area contributed by atoms with E-state index in [1.807, 2.05) is 32.0 Å². The Balaban J connectivity index is 1.97. The third-order valence-electron chi connectivity index (χ3n) is 7.85. The molecule has 41 heavy (non-hydrogen) atoms. The number of carbonyl (C=O) groups excluding carboxylic acids is 2. The van der Waals surface area contributed by atoms with Crippen molar-refractivity contribution >= 4 is 11.8 Å². The van der Waals surface area contributed by atoms with E-state index in [-0.39, 0.29) is 30.9 Å². The van der Waals surface area contributed by atoms with Crippen LogP contribution in [-0.4, -0.2) is 47.6 Å². The molecular formula is C33H43F2N3O3. The molecule has 3 rings (SSSR count). The number of nitrogens with two attached hydrogens (primary N) is 1. The number of amides is 2. The summed E-state index contributed by atoms with van der Waals surface area (Å²) >= 11 is 0. The van der Waals surface area contributed by atoms with Gasteiger partial charge in [0.15, 0.2) is 0 Å². The summed E-state index contributed by atoms with van der Waals surface area (Å²) in [5, 5.41) is 14.9. The summed E-state index contributed by atoms with van der Waals surface area (Å²) in [5.74, 6) is -3.26. The molecule has 0 heterocycles. The van der Waals surface area contributed by atoms with Crippen LogP contribution in [0.2, 0.25) is 0 Å². The molecule has 2 aromatic rings. The molecule has 0 saturated heterocycles. The largest absolute Gasteiger partial charge is 0.391 e. The van der Waals surface area contributed by atoms with Crippen LogP contribution in [0.4, 0.5) is 8.78 Å². The van der Waals surface area contributed by atoms with Crippen molar-refractivity contribution in [3.8, 4) is 0 Å². The normalized spacial score (nSPS) is 18.3. The van der Waals surface area contributed by atoms with Gasteiger partial charge in [-0.3, -0.25) is 9.59 Å². The Morgan fingerprint density at radius 1 is 1.07 bits per heavy atom. The maximum absolute atomic E-state index is 14.2. The van der Waals surface area contributed by atoms with Gasteiger partial charge in [0.2, 0.25) is 11.8 Å². The van der Waals surface area contributed by atoms with Gasteiger partial charge in [0.05, 0.1) is 11.5 Å². The minimum atomic E-state index is -1.46. The summed E-state index contributed by atoms with van der Waals surface area (Å²) in [6, 6.07) is 11.3. The van der Waals surface area contributed by atoms with E-state index in [9.17, 15) is 23.5 Å². The number of aryl methyl sites for hydroxylation is 1. The fourth-order valence-corrected chi connectivity index (χ4v) is 5.84. The number of aliphatic hydroxyl groups is 1. The molecule has 1 unspecified atom stereocenters. The maximum Gasteiger partial charge on any atom is 0.249 e. The predicted octanol–water partition coefficient (Wildman–Crippen LogP) is 4.84. The molecule has 3 atom stereocenters. The van der Waals surface area contributed by atoms with E-state index in [1.54, 1.807) is 24.0 Å². The first-order valence-corrected chi connectivity index (χ1v) is 14.4. The number of carbonyl (C=O) groups is 2. The zero-order valence-electron chi connectivity index (χ0n) is 24.6. The van der Waals surface area contributed by atoms with Crippen molar-refractivity contribution in [1.82, 2.24) is 10.2 Å². The van der Waals surface area contributed by atoms with Gasteiger partial charge in [-0.2, -0.15) is 0 Å². The lowest BCUT2D eigenvalue weighted by molar-refractivity contribution is -0.132. The van der Waals surface area contributed by atoms with E-state index in [2.05, 4.69) is 18.3 Å². The highest BCUT2D eigenvalue weighted by molar-refractivity contribution is 5.96. The molecule has 0 saturated carbocycles. The van der Waals surface area contributed by atoms with Crippen LogP contribution >= 0.6 is 0 Å². The van der Waals surface area contributed by atoms with E-state index in [0.717, 1.165) is 24.5 Å². The molecule has 2 aromatic carbocycles. The maximum atomic E-state index is 14.2. The Morgan fingerprint density at radius 3 is 2.37 bits per heavy atom. The third-order valence-corrected chi connectivity index (χ3v) is 7.85. The van der Waals surface area contributed by atoms with Crippen LogP contribution in [-0.2, 0) is 29.0 Å². The van der Waals surface area contributed by atoms with Crippen molar-refractivity contribution in [1.29, 1.82) is 0 Å². The molecular weight excluding hydrogens is 524 g/mol. The Bertz CT molecular complexity index is 1270. The SMILES string of the molecule is CCCN(CC)C(=O)C1=CC(C)=CC(C(N)=O)([C@H](Cc2cc(F)cc(F)c2)[C@@H](O)CNCc2cccc(CC)c2)C1. The number of allylic oxidation sites excluding steroid dienone is 2. The van der Waals surface area contributed by atoms with Gasteiger partial charge in [-0.25, -0.2) is 8.78 Å². The van der Waals surface area contributed by atoms with Crippen molar-refractivity contribution in [3.63, 3.8) is 0 Å². The van der Waals surface area contributed by atoms with E-state index in [1.165, 1.54) is 17.7 Å². The highest BCUT2D eigenvalue weighted by Gasteiger charge is 2.48. The first-order chi connectivity index (χ1) is 19.5. The molecule has 2 amide bonds. The van der Waals surface area contributed by atoms with Crippen molar-refractivity contribution in [2.45, 2.75) is 66.0 Å². The monoisotopic (exact) mass is 567 g/mol. The van der Waals surface area contributed by atoms with E-state index >= 15 is 0 Å². The molecule has 0 bridgehead atoms. The molecule has 222 valence electrons. The summed E-state index contributed by atoms with van der Waals surface area (Å²) in [6.07, 6.45) is 3.97. The van der Waals surface area contributed by atoms with E-state index in [0.29, 0.717) is 30.8 Å². The first-order valence-electron chi connectivity index (χ1n) is 14.4. The first kappa shape index (κ1) is 32.2. The standard InChI is InChI=1S/C33H43F2N3O3/c1-5-11-38(7-3)31(40)26-12-22(4)18-33(19-26,32(36)41)29(16-25-14-27(34)17-28(35)15-25)30(39)21-37-20-24-10-8-9-23(6-2)13-24/h8-10,12-15,17-18,29-30,37,39H,5-7,11,16,19-21H2,1-4H3,(H2,36,41)/t29-,30+,33?/m1/s1. The lowest BCUT2D eigenvalue weighted by Gasteiger charge is -2.42. The lowest BCUT2D eigenvalue weighted by Crippen LogP contribution is -2.51. The zero-order chi connectivity index (χ0) is 30.2. The fourth-order valence-electron chi connectivity index (χ4n) is 5.84. The van der Waals surface area contributed by atoms with Gasteiger partial charge in [0, 0.05) is 43.7 Å². The van der Waals surface area contributed by atoms with Crippen molar-refractivity contribution in [3.05, 3.63) is 94.1 Å². The number of hydrogen-bond acceptors (Lipinski definition) is 4. The number of likely N-dealkylation sites (N-methyl/N-ethyl adjacent to an activating group) is 1. The minimum Gasteiger partial charge on any atom is -0.391 e. The molecule has 0 radical (unpaired) electrons. The summed E-state index contributed by atoms with van der Waals surface area (Å²) in [7, 11) is 0. The molecule has 0 aromatic heterocycles. The zero-order valence-corrected chi connectivity index (χ0v) is 24.6. The number of hydrogen-bond donors (Lipinski definition) is 3. The van der Waals surface area contributed by atoms with Crippen LogP contribution in [0.3, 0.4) is 0 Å². The Labute approximate surface area is 242 Å². The van der Waals surface area contributed by atoms with Crippen LogP contribution in [0.15, 0.2) is 65.8 Å². The van der Waals surface area contributed by atoms with Crippen molar-refractivity contribution < 1.29 is 23.5 Å². The van der Waals surface area contributed by atoms with Crippen LogP contribution in [0.5, 0.6) is 0 Å². The van der Waals surface area contributed by atoms with E-state index in [4.69, 9.17) is 5.73 Å². The van der Waals surface area contributed by atoms with Gasteiger partial charge >= 0.3 is 0 Å². The Hall–Kier alpha value is -3.36. The highest BCUT2D eigenvalue weighted by Crippen LogP contribution is 2.44. The molecule has 4 N–H and O–H groups in total. The van der Waals surface area contributed by atoms with Crippen LogP contribution < -0.4 is 11.1 Å². The van der Waals surface area contributed by atoms with Crippen molar-refractivity contribution in [2.24, 2.45) is 17.1 Å². The van der Waals surface area contributed by atoms with Crippen LogP contribution in [0.1, 0.15) is 57.2 Å². The molecule has 6 nitrogen and oxygen atoms in total. The number of primary amides is 1. The summed E-state index contributed by atoms with van der Waals surface area (Å²) in [4.78, 5) is 28.6. The molecule has 0 aliphatic heterocycles. The van der Waals surface area contributed by atoms with Crippen molar-refractivity contribution in [2.75, 3.05) is 19.6 Å². The summed E-state index contributed by atoms with van der Waals surface area (Å²) in [5.41, 5.74) is 8.24. The summed E-state index contributed by atoms with van der Waals surface area (Å²) < 4.78 is 28.4. The topological polar surface area (TPSA) is 95.7 Å². The second-order valence-corrected chi connectivity index (χ2v) is 11.0. The molecule has 8 heteroatoms. The summed E-state index contributed by atoms with van der Waals surface area (Å²) in [6.45, 7) is 9.40. The van der Waals surface area contributed by atoms with Crippen LogP contribution in [0.25, 0.3) is 0 Å². The number of benzene rings is 2. The number of nitrogens with one attached hydrogen (secondary N) is 1. The Kier molecular flexibility index (Phi) is 11.4. The number of halogens is 2. The van der Waals surface area contributed by atoms with E-state index < -0.39 is 35.0 Å². The fraction of sp³-hybridized carbons (Fsp3) is 0.455. The highest BCUT2D eigenvalue weighted by atomic mass is 19.1. The van der Waals surface area contributed by atoms with Crippen LogP contribution in [0, 0.1) is 23.0 Å². The third kappa shape index (κ3) is 8.11. The van der Waals surface area contributed by atoms with Gasteiger partial charge in [-0.05, 0) is 68.4 Å². The molecule has 1 aliphatic carbocycles. The second kappa shape index (κ2) is 14.5. The van der Waals surface area contributed by atoms with Gasteiger partial charge in [0.25, 0.3) is 0 Å². The molecule has 1 aliphatic rings. The number of rotatable bonds is 14. The van der Waals surface area contributed by atoms with Gasteiger partial charge < -0.3 is 21.1 Å².